The molecule has 2 atom stereocenters. The topological polar surface area (TPSA) is 108 Å². The zero-order valence-electron chi connectivity index (χ0n) is 39.7. The van der Waals surface area contributed by atoms with Gasteiger partial charge in [0.2, 0.25) is 0 Å². The lowest BCUT2D eigenvalue weighted by atomic mass is 10.0. The average Bonchev–Trinajstić information content (AvgIpc) is 3.20. The molecule has 0 aliphatic heterocycles. The molecule has 60 heavy (non-hydrogen) atoms. The van der Waals surface area contributed by atoms with E-state index in [0.717, 1.165) is 70.6 Å². The van der Waals surface area contributed by atoms with E-state index in [1.807, 2.05) is 21.1 Å². The Morgan fingerprint density at radius 2 is 0.950 bits per heavy atom. The molecular weight excluding hydrogens is 774 g/mol. The van der Waals surface area contributed by atoms with E-state index in [-0.39, 0.29) is 32.0 Å². The van der Waals surface area contributed by atoms with Gasteiger partial charge in [-0.15, -0.1) is 0 Å². The summed E-state index contributed by atoms with van der Waals surface area (Å²) in [6, 6.07) is 0. The van der Waals surface area contributed by atoms with Crippen molar-refractivity contribution in [3.63, 3.8) is 0 Å². The van der Waals surface area contributed by atoms with E-state index in [1.165, 1.54) is 116 Å². The van der Waals surface area contributed by atoms with Crippen LogP contribution in [0.4, 0.5) is 0 Å². The summed E-state index contributed by atoms with van der Waals surface area (Å²) < 4.78 is 34.4. The Morgan fingerprint density at radius 1 is 0.533 bits per heavy atom. The predicted octanol–water partition coefficient (Wildman–Crippen LogP) is 14.5. The number of rotatable bonds is 45. The summed E-state index contributed by atoms with van der Waals surface area (Å²) in [4.78, 5) is 35.5. The van der Waals surface area contributed by atoms with Crippen molar-refractivity contribution in [2.24, 2.45) is 0 Å². The molecule has 0 aromatic rings. The van der Waals surface area contributed by atoms with Crippen molar-refractivity contribution < 1.29 is 42.1 Å². The Morgan fingerprint density at radius 3 is 1.42 bits per heavy atom. The predicted molar refractivity (Wildman–Crippen MR) is 252 cm³/mol. The first-order chi connectivity index (χ1) is 29.0. The number of ether oxygens (including phenoxy) is 2. The lowest BCUT2D eigenvalue weighted by Gasteiger charge is -2.24. The number of phosphoric ester groups is 1. The van der Waals surface area contributed by atoms with Gasteiger partial charge in [0.15, 0.2) is 6.10 Å². The fourth-order valence-electron chi connectivity index (χ4n) is 6.85. The molecule has 0 fully saturated rings. The van der Waals surface area contributed by atoms with Crippen molar-refractivity contribution in [1.29, 1.82) is 0 Å². The highest BCUT2D eigenvalue weighted by atomic mass is 31.2. The molecule has 0 saturated carbocycles. The molecule has 0 radical (unpaired) electrons. The number of hydrogen-bond acceptors (Lipinski definition) is 7. The van der Waals surface area contributed by atoms with Crippen LogP contribution in [0, 0.1) is 0 Å². The minimum Gasteiger partial charge on any atom is -0.462 e. The van der Waals surface area contributed by atoms with Gasteiger partial charge >= 0.3 is 19.8 Å². The Balaban J connectivity index is 4.25. The standard InChI is InChI=1S/C50H94NO8P/c1-6-8-10-12-14-16-18-20-22-23-24-25-26-27-29-31-33-35-37-39-41-43-50(53)59-48(47-58-60(54,55)57-45-44-51(3,4)5)46-56-49(52)42-40-38-36-34-32-30-28-21-19-17-15-13-11-9-7-2/h9,11,15,17,21,28,48H,6-8,10,12-14,16,18-20,22-27,29-47H2,1-5H3/p+1/b11-9-,17-15-,28-21-/t48-/m1/s1. The average molecular weight is 869 g/mol. The highest BCUT2D eigenvalue weighted by Crippen LogP contribution is 2.43. The van der Waals surface area contributed by atoms with Crippen molar-refractivity contribution in [3.8, 4) is 0 Å². The molecule has 0 amide bonds. The van der Waals surface area contributed by atoms with E-state index in [0.29, 0.717) is 17.4 Å². The van der Waals surface area contributed by atoms with Crippen molar-refractivity contribution in [2.75, 3.05) is 47.5 Å². The molecule has 0 bridgehead atoms. The molecule has 0 aromatic carbocycles. The Labute approximate surface area is 370 Å². The fraction of sp³-hybridized carbons (Fsp3) is 0.840. The van der Waals surface area contributed by atoms with E-state index in [1.54, 1.807) is 0 Å². The van der Waals surface area contributed by atoms with Crippen LogP contribution in [0.25, 0.3) is 0 Å². The number of quaternary nitrogens is 1. The lowest BCUT2D eigenvalue weighted by Crippen LogP contribution is -2.37. The SMILES string of the molecule is CC/C=C\C/C=C\C/C=C\CCCCCCCC(=O)OC[C@H](COP(=O)(O)OCC[N+](C)(C)C)OC(=O)CCCCCCCCCCCCCCCCCCCCCCC. The Hall–Kier alpha value is -1.77. The number of phosphoric acid groups is 1. The summed E-state index contributed by atoms with van der Waals surface area (Å²) in [5.41, 5.74) is 0. The number of esters is 2. The quantitative estimate of drug-likeness (QED) is 0.0212. The molecule has 0 aromatic heterocycles. The van der Waals surface area contributed by atoms with Gasteiger partial charge in [0, 0.05) is 12.8 Å². The molecule has 9 nitrogen and oxygen atoms in total. The van der Waals surface area contributed by atoms with E-state index >= 15 is 0 Å². The fourth-order valence-corrected chi connectivity index (χ4v) is 7.59. The van der Waals surface area contributed by atoms with E-state index in [4.69, 9.17) is 18.5 Å². The summed E-state index contributed by atoms with van der Waals surface area (Å²) >= 11 is 0. The first-order valence-corrected chi connectivity index (χ1v) is 26.2. The zero-order valence-corrected chi connectivity index (χ0v) is 40.6. The largest absolute Gasteiger partial charge is 0.472 e. The first kappa shape index (κ1) is 58.2. The van der Waals surface area contributed by atoms with Crippen LogP contribution >= 0.6 is 7.82 Å². The van der Waals surface area contributed by atoms with Gasteiger partial charge in [0.25, 0.3) is 0 Å². The Kier molecular flexibility index (Phi) is 41.3. The van der Waals surface area contributed by atoms with E-state index < -0.39 is 26.5 Å². The van der Waals surface area contributed by atoms with E-state index in [9.17, 15) is 19.0 Å². The Bertz CT molecular complexity index is 1120. The van der Waals surface area contributed by atoms with Crippen LogP contribution in [-0.2, 0) is 32.7 Å². The van der Waals surface area contributed by atoms with Crippen molar-refractivity contribution in [1.82, 2.24) is 0 Å². The normalized spacial score (nSPS) is 13.8. The number of likely N-dealkylation sites (N-methyl/N-ethyl adjacent to an activating group) is 1. The number of hydrogen-bond donors (Lipinski definition) is 1. The summed E-state index contributed by atoms with van der Waals surface area (Å²) in [5.74, 6) is -0.810. The second kappa shape index (κ2) is 42.5. The molecule has 10 heteroatoms. The number of unbranched alkanes of at least 4 members (excludes halogenated alkanes) is 25. The van der Waals surface area contributed by atoms with Crippen molar-refractivity contribution in [2.45, 2.75) is 225 Å². The molecule has 0 spiro atoms. The maximum Gasteiger partial charge on any atom is 0.472 e. The maximum atomic E-state index is 12.7. The van der Waals surface area contributed by atoms with Gasteiger partial charge in [0.1, 0.15) is 19.8 Å². The number of carbonyl (C=O) groups is 2. The van der Waals surface area contributed by atoms with Crippen molar-refractivity contribution in [3.05, 3.63) is 36.5 Å². The number of allylic oxidation sites excluding steroid dienone is 6. The third-order valence-electron chi connectivity index (χ3n) is 10.7. The lowest BCUT2D eigenvalue weighted by molar-refractivity contribution is -0.870. The molecular formula is C50H95NO8P+. The summed E-state index contributed by atoms with van der Waals surface area (Å²) in [5, 5.41) is 0. The van der Waals surface area contributed by atoms with Crippen LogP contribution in [0.2, 0.25) is 0 Å². The molecule has 0 saturated heterocycles. The zero-order chi connectivity index (χ0) is 44.3. The summed E-state index contributed by atoms with van der Waals surface area (Å²) in [6.07, 6.45) is 49.1. The third-order valence-corrected chi connectivity index (χ3v) is 11.7. The highest BCUT2D eigenvalue weighted by Gasteiger charge is 2.27. The maximum absolute atomic E-state index is 12.7. The second-order valence-electron chi connectivity index (χ2n) is 17.8. The smallest absolute Gasteiger partial charge is 0.462 e. The molecule has 1 unspecified atom stereocenters. The van der Waals surface area contributed by atoms with Crippen LogP contribution in [0.1, 0.15) is 219 Å². The van der Waals surface area contributed by atoms with Gasteiger partial charge in [-0.3, -0.25) is 18.6 Å². The highest BCUT2D eigenvalue weighted by molar-refractivity contribution is 7.47. The van der Waals surface area contributed by atoms with Gasteiger partial charge in [-0.1, -0.05) is 198 Å². The van der Waals surface area contributed by atoms with Crippen LogP contribution in [0.5, 0.6) is 0 Å². The summed E-state index contributed by atoms with van der Waals surface area (Å²) in [7, 11) is 1.47. The number of nitrogens with zero attached hydrogens (tertiary/aromatic N) is 1. The summed E-state index contributed by atoms with van der Waals surface area (Å²) in [6.45, 7) is 4.32. The molecule has 0 heterocycles. The number of carbonyl (C=O) groups excluding carboxylic acids is 2. The molecule has 1 N–H and O–H groups in total. The minimum atomic E-state index is -4.38. The van der Waals surface area contributed by atoms with Crippen LogP contribution < -0.4 is 0 Å². The third kappa shape index (κ3) is 45.7. The molecule has 0 aliphatic rings. The van der Waals surface area contributed by atoms with Crippen molar-refractivity contribution >= 4 is 19.8 Å². The van der Waals surface area contributed by atoms with Crippen LogP contribution in [-0.4, -0.2) is 74.9 Å². The molecule has 352 valence electrons. The second-order valence-corrected chi connectivity index (χ2v) is 19.3. The van der Waals surface area contributed by atoms with Crippen LogP contribution in [0.3, 0.4) is 0 Å². The van der Waals surface area contributed by atoms with Gasteiger partial charge in [-0.05, 0) is 44.9 Å². The van der Waals surface area contributed by atoms with E-state index in [2.05, 4.69) is 50.3 Å². The molecule has 0 aliphatic carbocycles. The van der Waals surface area contributed by atoms with Gasteiger partial charge in [-0.25, -0.2) is 4.57 Å². The van der Waals surface area contributed by atoms with Gasteiger partial charge < -0.3 is 18.9 Å². The minimum absolute atomic E-state index is 0.0297. The van der Waals surface area contributed by atoms with Gasteiger partial charge in [0.05, 0.1) is 27.7 Å². The van der Waals surface area contributed by atoms with Crippen LogP contribution in [0.15, 0.2) is 36.5 Å². The first-order valence-electron chi connectivity index (χ1n) is 24.7. The molecule has 0 rings (SSSR count). The van der Waals surface area contributed by atoms with Gasteiger partial charge in [-0.2, -0.15) is 0 Å². The monoisotopic (exact) mass is 869 g/mol.